The minimum Gasteiger partial charge on any atom is -0.375 e. The van der Waals surface area contributed by atoms with Gasteiger partial charge in [-0.1, -0.05) is 35.9 Å². The lowest BCUT2D eigenvalue weighted by Crippen LogP contribution is -2.44. The van der Waals surface area contributed by atoms with E-state index < -0.39 is 0 Å². The average molecular weight is 376 g/mol. The molecular formula is C22H27ClFNO. The number of benzene rings is 2. The van der Waals surface area contributed by atoms with E-state index in [4.69, 9.17) is 16.3 Å². The van der Waals surface area contributed by atoms with Gasteiger partial charge in [0.15, 0.2) is 0 Å². The van der Waals surface area contributed by atoms with Gasteiger partial charge in [-0.25, -0.2) is 4.39 Å². The molecule has 0 aliphatic carbocycles. The second-order valence-corrected chi connectivity index (χ2v) is 8.13. The van der Waals surface area contributed by atoms with Gasteiger partial charge in [0.25, 0.3) is 0 Å². The first-order valence-corrected chi connectivity index (χ1v) is 9.69. The SMILES string of the molecule is CC1(C)C[C@H](NCC[C@H](c2ccc(F)cc2)c2ccc(Cl)cc2)CCO1. The Balaban J connectivity index is 1.68. The summed E-state index contributed by atoms with van der Waals surface area (Å²) >= 11 is 6.04. The molecule has 2 aromatic carbocycles. The molecule has 0 saturated carbocycles. The van der Waals surface area contributed by atoms with E-state index in [0.717, 1.165) is 43.0 Å². The zero-order chi connectivity index (χ0) is 18.6. The van der Waals surface area contributed by atoms with Crippen molar-refractivity contribution >= 4 is 11.6 Å². The summed E-state index contributed by atoms with van der Waals surface area (Å²) < 4.78 is 19.1. The Hall–Kier alpha value is -1.42. The fourth-order valence-electron chi connectivity index (χ4n) is 3.75. The van der Waals surface area contributed by atoms with E-state index in [1.165, 1.54) is 17.7 Å². The molecule has 0 radical (unpaired) electrons. The van der Waals surface area contributed by atoms with Crippen molar-refractivity contribution in [1.29, 1.82) is 0 Å². The number of halogens is 2. The lowest BCUT2D eigenvalue weighted by Gasteiger charge is -2.36. The summed E-state index contributed by atoms with van der Waals surface area (Å²) in [7, 11) is 0. The van der Waals surface area contributed by atoms with E-state index >= 15 is 0 Å². The molecule has 2 atom stereocenters. The van der Waals surface area contributed by atoms with Crippen LogP contribution >= 0.6 is 11.6 Å². The van der Waals surface area contributed by atoms with Gasteiger partial charge in [-0.3, -0.25) is 0 Å². The summed E-state index contributed by atoms with van der Waals surface area (Å²) in [4.78, 5) is 0. The predicted octanol–water partition coefficient (Wildman–Crippen LogP) is 5.55. The molecule has 0 unspecified atom stereocenters. The molecule has 4 heteroatoms. The topological polar surface area (TPSA) is 21.3 Å². The highest BCUT2D eigenvalue weighted by atomic mass is 35.5. The van der Waals surface area contributed by atoms with Crippen molar-refractivity contribution in [2.24, 2.45) is 0 Å². The maximum absolute atomic E-state index is 13.3. The van der Waals surface area contributed by atoms with Crippen molar-refractivity contribution in [3.05, 3.63) is 70.5 Å². The van der Waals surface area contributed by atoms with Gasteiger partial charge in [-0.2, -0.15) is 0 Å². The number of hydrogen-bond acceptors (Lipinski definition) is 2. The fourth-order valence-corrected chi connectivity index (χ4v) is 3.88. The van der Waals surface area contributed by atoms with Crippen LogP contribution < -0.4 is 5.32 Å². The van der Waals surface area contributed by atoms with E-state index in [2.05, 4.69) is 31.3 Å². The third-order valence-corrected chi connectivity index (χ3v) is 5.36. The number of ether oxygens (including phenoxy) is 1. The van der Waals surface area contributed by atoms with Crippen LogP contribution in [-0.4, -0.2) is 24.8 Å². The molecule has 26 heavy (non-hydrogen) atoms. The van der Waals surface area contributed by atoms with Crippen LogP contribution in [0.2, 0.25) is 5.02 Å². The van der Waals surface area contributed by atoms with Gasteiger partial charge >= 0.3 is 0 Å². The van der Waals surface area contributed by atoms with Crippen LogP contribution in [-0.2, 0) is 4.74 Å². The molecule has 0 aromatic heterocycles. The van der Waals surface area contributed by atoms with E-state index in [-0.39, 0.29) is 17.3 Å². The van der Waals surface area contributed by atoms with Gasteiger partial charge in [0, 0.05) is 23.6 Å². The van der Waals surface area contributed by atoms with Gasteiger partial charge < -0.3 is 10.1 Å². The molecule has 1 saturated heterocycles. The van der Waals surface area contributed by atoms with Crippen LogP contribution in [0.25, 0.3) is 0 Å². The maximum atomic E-state index is 13.3. The quantitative estimate of drug-likeness (QED) is 0.714. The van der Waals surface area contributed by atoms with Crippen LogP contribution in [0, 0.1) is 5.82 Å². The molecule has 1 heterocycles. The Labute approximate surface area is 160 Å². The molecule has 2 nitrogen and oxygen atoms in total. The molecule has 2 aromatic rings. The molecule has 1 N–H and O–H groups in total. The third kappa shape index (κ3) is 5.29. The summed E-state index contributed by atoms with van der Waals surface area (Å²) in [5.41, 5.74) is 2.28. The minimum atomic E-state index is -0.203. The molecule has 0 bridgehead atoms. The summed E-state index contributed by atoms with van der Waals surface area (Å²) in [5.74, 6) is 0.0133. The molecule has 3 rings (SSSR count). The van der Waals surface area contributed by atoms with Crippen LogP contribution in [0.1, 0.15) is 50.2 Å². The van der Waals surface area contributed by atoms with Gasteiger partial charge in [-0.05, 0) is 75.0 Å². The van der Waals surface area contributed by atoms with Crippen LogP contribution in [0.4, 0.5) is 4.39 Å². The monoisotopic (exact) mass is 375 g/mol. The molecule has 140 valence electrons. The van der Waals surface area contributed by atoms with Crippen molar-refractivity contribution in [2.45, 2.75) is 50.7 Å². The standard InChI is InChI=1S/C22H27ClFNO/c1-22(2)15-20(12-14-26-22)25-13-11-21(16-3-7-18(23)8-4-16)17-5-9-19(24)10-6-17/h3-10,20-21,25H,11-15H2,1-2H3/t20-,21+/m1/s1. The Morgan fingerprint density at radius 3 is 2.35 bits per heavy atom. The summed E-state index contributed by atoms with van der Waals surface area (Å²) in [6.07, 6.45) is 3.02. The predicted molar refractivity (Wildman–Crippen MR) is 105 cm³/mol. The van der Waals surface area contributed by atoms with E-state index in [1.807, 2.05) is 24.3 Å². The lowest BCUT2D eigenvalue weighted by atomic mass is 9.88. The van der Waals surface area contributed by atoms with Crippen molar-refractivity contribution in [1.82, 2.24) is 5.32 Å². The molecule has 1 fully saturated rings. The van der Waals surface area contributed by atoms with Crippen LogP contribution in [0.5, 0.6) is 0 Å². The second kappa shape index (κ2) is 8.51. The lowest BCUT2D eigenvalue weighted by molar-refractivity contribution is -0.0628. The first kappa shape index (κ1) is 19.3. The zero-order valence-corrected chi connectivity index (χ0v) is 16.2. The molecule has 0 spiro atoms. The minimum absolute atomic E-state index is 0.0531. The van der Waals surface area contributed by atoms with Crippen molar-refractivity contribution in [3.63, 3.8) is 0 Å². The molecule has 1 aliphatic rings. The van der Waals surface area contributed by atoms with Crippen molar-refractivity contribution in [2.75, 3.05) is 13.2 Å². The highest BCUT2D eigenvalue weighted by Gasteiger charge is 2.28. The second-order valence-electron chi connectivity index (χ2n) is 7.70. The maximum Gasteiger partial charge on any atom is 0.123 e. The molecule has 1 aliphatic heterocycles. The summed E-state index contributed by atoms with van der Waals surface area (Å²) in [6.45, 7) is 6.01. The number of rotatable bonds is 6. The summed E-state index contributed by atoms with van der Waals surface area (Å²) in [5, 5.41) is 4.42. The highest BCUT2D eigenvalue weighted by molar-refractivity contribution is 6.30. The number of nitrogens with one attached hydrogen (secondary N) is 1. The van der Waals surface area contributed by atoms with Gasteiger partial charge in [0.05, 0.1) is 5.60 Å². The van der Waals surface area contributed by atoms with Crippen molar-refractivity contribution in [3.8, 4) is 0 Å². The molecule has 0 amide bonds. The Kier molecular flexibility index (Phi) is 6.33. The van der Waals surface area contributed by atoms with E-state index in [0.29, 0.717) is 6.04 Å². The van der Waals surface area contributed by atoms with Gasteiger partial charge in [-0.15, -0.1) is 0 Å². The van der Waals surface area contributed by atoms with Gasteiger partial charge in [0.1, 0.15) is 5.82 Å². The Morgan fingerprint density at radius 2 is 1.73 bits per heavy atom. The van der Waals surface area contributed by atoms with E-state index in [1.54, 1.807) is 0 Å². The smallest absolute Gasteiger partial charge is 0.123 e. The first-order valence-electron chi connectivity index (χ1n) is 9.31. The molecular weight excluding hydrogens is 349 g/mol. The van der Waals surface area contributed by atoms with Crippen LogP contribution in [0.15, 0.2) is 48.5 Å². The fraction of sp³-hybridized carbons (Fsp3) is 0.455. The zero-order valence-electron chi connectivity index (χ0n) is 15.5. The highest BCUT2D eigenvalue weighted by Crippen LogP contribution is 2.29. The largest absolute Gasteiger partial charge is 0.375 e. The summed E-state index contributed by atoms with van der Waals surface area (Å²) in [6, 6.07) is 15.3. The average Bonchev–Trinajstić information content (AvgIpc) is 2.60. The third-order valence-electron chi connectivity index (χ3n) is 5.11. The Bertz CT molecular complexity index is 654. The van der Waals surface area contributed by atoms with Crippen molar-refractivity contribution < 1.29 is 9.13 Å². The van der Waals surface area contributed by atoms with Crippen LogP contribution in [0.3, 0.4) is 0 Å². The normalized spacial score (nSPS) is 20.7. The Morgan fingerprint density at radius 1 is 1.12 bits per heavy atom. The first-order chi connectivity index (χ1) is 12.4. The van der Waals surface area contributed by atoms with E-state index in [9.17, 15) is 4.39 Å². The van der Waals surface area contributed by atoms with Gasteiger partial charge in [0.2, 0.25) is 0 Å². The number of hydrogen-bond donors (Lipinski definition) is 1.